The van der Waals surface area contributed by atoms with E-state index in [0.29, 0.717) is 0 Å². The van der Waals surface area contributed by atoms with Gasteiger partial charge in [0, 0.05) is 0 Å². The Balaban J connectivity index is 2.83. The lowest BCUT2D eigenvalue weighted by atomic mass is 10.2. The van der Waals surface area contributed by atoms with Crippen LogP contribution in [0.2, 0.25) is 0 Å². The first kappa shape index (κ1) is 9.51. The summed E-state index contributed by atoms with van der Waals surface area (Å²) in [5, 5.41) is 2.01. The molecule has 3 nitrogen and oxygen atoms in total. The van der Waals surface area contributed by atoms with Crippen LogP contribution in [0.25, 0.3) is 0 Å². The Hall–Kier alpha value is -0.580. The number of nitrogens with two attached hydrogens (primary N) is 1. The molecular weight excluding hydrogens is 172 g/mol. The fourth-order valence-corrected chi connectivity index (χ4v) is 2.12. The van der Waals surface area contributed by atoms with Crippen molar-refractivity contribution < 1.29 is 4.74 Å². The van der Waals surface area contributed by atoms with Crippen molar-refractivity contribution in [2.75, 3.05) is 7.11 Å². The van der Waals surface area contributed by atoms with Gasteiger partial charge in [-0.1, -0.05) is 6.92 Å². The Kier molecular flexibility index (Phi) is 3.52. The van der Waals surface area contributed by atoms with Crippen LogP contribution in [0.4, 0.5) is 0 Å². The second kappa shape index (κ2) is 4.45. The number of ether oxygens (including phenoxy) is 1. The van der Waals surface area contributed by atoms with E-state index in [0.717, 1.165) is 12.2 Å². The van der Waals surface area contributed by atoms with Gasteiger partial charge in [-0.2, -0.15) is 0 Å². The molecule has 0 aliphatic rings. The predicted octanol–water partition coefficient (Wildman–Crippen LogP) is 1.67. The molecule has 1 aromatic rings. The standard InChI is InChI=1S/C8H14N2OS/c1-3-6(10-9)8-7(11-2)4-5-12-8/h4-6,10H,3,9H2,1-2H3. The fourth-order valence-electron chi connectivity index (χ4n) is 1.11. The molecule has 1 aromatic heterocycles. The highest BCUT2D eigenvalue weighted by molar-refractivity contribution is 7.10. The molecule has 1 rings (SSSR count). The van der Waals surface area contributed by atoms with Crippen LogP contribution in [-0.2, 0) is 0 Å². The fraction of sp³-hybridized carbons (Fsp3) is 0.500. The van der Waals surface area contributed by atoms with Gasteiger partial charge in [0.1, 0.15) is 5.75 Å². The molecule has 1 atom stereocenters. The topological polar surface area (TPSA) is 47.3 Å². The molecule has 12 heavy (non-hydrogen) atoms. The Morgan fingerprint density at radius 2 is 2.50 bits per heavy atom. The number of rotatable bonds is 4. The Morgan fingerprint density at radius 1 is 1.75 bits per heavy atom. The lowest BCUT2D eigenvalue weighted by Crippen LogP contribution is -2.26. The number of methoxy groups -OCH3 is 1. The second-order valence-electron chi connectivity index (χ2n) is 2.48. The molecule has 0 aliphatic carbocycles. The zero-order valence-corrected chi connectivity index (χ0v) is 8.15. The monoisotopic (exact) mass is 186 g/mol. The van der Waals surface area contributed by atoms with E-state index in [1.54, 1.807) is 18.4 Å². The zero-order valence-electron chi connectivity index (χ0n) is 7.33. The molecule has 1 unspecified atom stereocenters. The summed E-state index contributed by atoms with van der Waals surface area (Å²) in [6, 6.07) is 2.17. The highest BCUT2D eigenvalue weighted by Crippen LogP contribution is 2.31. The van der Waals surface area contributed by atoms with E-state index >= 15 is 0 Å². The van der Waals surface area contributed by atoms with Crippen LogP contribution in [0, 0.1) is 0 Å². The van der Waals surface area contributed by atoms with Gasteiger partial charge in [-0.05, 0) is 17.9 Å². The van der Waals surface area contributed by atoms with Gasteiger partial charge in [-0.3, -0.25) is 11.3 Å². The Labute approximate surface area is 76.5 Å². The van der Waals surface area contributed by atoms with E-state index in [1.165, 1.54) is 4.88 Å². The molecule has 0 saturated heterocycles. The van der Waals surface area contributed by atoms with Gasteiger partial charge < -0.3 is 4.74 Å². The molecule has 0 radical (unpaired) electrons. The van der Waals surface area contributed by atoms with Crippen LogP contribution in [0.15, 0.2) is 11.4 Å². The third-order valence-electron chi connectivity index (χ3n) is 1.80. The van der Waals surface area contributed by atoms with Gasteiger partial charge in [0.05, 0.1) is 18.0 Å². The molecule has 0 aliphatic heterocycles. The van der Waals surface area contributed by atoms with Gasteiger partial charge in [0.15, 0.2) is 0 Å². The van der Waals surface area contributed by atoms with Crippen LogP contribution in [0.3, 0.4) is 0 Å². The van der Waals surface area contributed by atoms with Gasteiger partial charge >= 0.3 is 0 Å². The van der Waals surface area contributed by atoms with E-state index < -0.39 is 0 Å². The van der Waals surface area contributed by atoms with Crippen LogP contribution in [0.1, 0.15) is 24.3 Å². The van der Waals surface area contributed by atoms with Gasteiger partial charge in [-0.15, -0.1) is 11.3 Å². The van der Waals surface area contributed by atoms with Crippen molar-refractivity contribution in [3.05, 3.63) is 16.3 Å². The summed E-state index contributed by atoms with van der Waals surface area (Å²) >= 11 is 1.66. The van der Waals surface area contributed by atoms with Crippen molar-refractivity contribution in [2.24, 2.45) is 5.84 Å². The third-order valence-corrected chi connectivity index (χ3v) is 2.81. The third kappa shape index (κ3) is 1.77. The van der Waals surface area contributed by atoms with Gasteiger partial charge in [-0.25, -0.2) is 0 Å². The number of thiophene rings is 1. The summed E-state index contributed by atoms with van der Waals surface area (Å²) in [4.78, 5) is 1.17. The Morgan fingerprint density at radius 3 is 3.00 bits per heavy atom. The first-order chi connectivity index (χ1) is 5.83. The van der Waals surface area contributed by atoms with Crippen LogP contribution < -0.4 is 16.0 Å². The maximum absolute atomic E-state index is 5.40. The predicted molar refractivity (Wildman–Crippen MR) is 51.2 cm³/mol. The summed E-state index contributed by atoms with van der Waals surface area (Å²) in [6.07, 6.45) is 0.966. The Bertz CT molecular complexity index is 233. The highest BCUT2D eigenvalue weighted by Gasteiger charge is 2.13. The first-order valence-electron chi connectivity index (χ1n) is 3.91. The average molecular weight is 186 g/mol. The molecule has 0 fully saturated rings. The van der Waals surface area contributed by atoms with E-state index in [2.05, 4.69) is 12.3 Å². The minimum Gasteiger partial charge on any atom is -0.496 e. The van der Waals surface area contributed by atoms with Crippen molar-refractivity contribution in [1.82, 2.24) is 5.43 Å². The van der Waals surface area contributed by atoms with Crippen molar-refractivity contribution in [1.29, 1.82) is 0 Å². The lowest BCUT2D eigenvalue weighted by Gasteiger charge is -2.12. The maximum atomic E-state index is 5.40. The molecule has 3 N–H and O–H groups in total. The highest BCUT2D eigenvalue weighted by atomic mass is 32.1. The normalized spacial score (nSPS) is 12.9. The molecule has 68 valence electrons. The largest absolute Gasteiger partial charge is 0.496 e. The van der Waals surface area contributed by atoms with E-state index in [-0.39, 0.29) is 6.04 Å². The van der Waals surface area contributed by atoms with E-state index in [4.69, 9.17) is 10.6 Å². The summed E-state index contributed by atoms with van der Waals surface area (Å²) in [5.41, 5.74) is 2.76. The summed E-state index contributed by atoms with van der Waals surface area (Å²) in [6.45, 7) is 2.09. The van der Waals surface area contributed by atoms with Gasteiger partial charge in [0.2, 0.25) is 0 Å². The molecule has 0 aromatic carbocycles. The lowest BCUT2D eigenvalue weighted by molar-refractivity contribution is 0.402. The number of hydrogen-bond acceptors (Lipinski definition) is 4. The van der Waals surface area contributed by atoms with Gasteiger partial charge in [0.25, 0.3) is 0 Å². The first-order valence-corrected chi connectivity index (χ1v) is 4.79. The zero-order chi connectivity index (χ0) is 8.97. The van der Waals surface area contributed by atoms with Crippen molar-refractivity contribution in [2.45, 2.75) is 19.4 Å². The van der Waals surface area contributed by atoms with E-state index in [9.17, 15) is 0 Å². The number of hydrogen-bond donors (Lipinski definition) is 2. The minimum atomic E-state index is 0.208. The number of hydrazine groups is 1. The van der Waals surface area contributed by atoms with Crippen LogP contribution in [-0.4, -0.2) is 7.11 Å². The molecular formula is C8H14N2OS. The molecule has 0 saturated carbocycles. The van der Waals surface area contributed by atoms with E-state index in [1.807, 2.05) is 11.4 Å². The van der Waals surface area contributed by atoms with Crippen molar-refractivity contribution in [3.8, 4) is 5.75 Å². The second-order valence-corrected chi connectivity index (χ2v) is 3.43. The van der Waals surface area contributed by atoms with Crippen LogP contribution in [0.5, 0.6) is 5.75 Å². The smallest absolute Gasteiger partial charge is 0.134 e. The maximum Gasteiger partial charge on any atom is 0.134 e. The summed E-state index contributed by atoms with van der Waals surface area (Å²) in [7, 11) is 1.68. The summed E-state index contributed by atoms with van der Waals surface area (Å²) < 4.78 is 5.18. The van der Waals surface area contributed by atoms with Crippen LogP contribution >= 0.6 is 11.3 Å². The SMILES string of the molecule is CCC(NN)c1sccc1OC. The number of nitrogens with one attached hydrogen (secondary N) is 1. The van der Waals surface area contributed by atoms with Crippen molar-refractivity contribution in [3.63, 3.8) is 0 Å². The molecule has 0 amide bonds. The quantitative estimate of drug-likeness (QED) is 0.555. The average Bonchev–Trinajstić information content (AvgIpc) is 2.55. The minimum absolute atomic E-state index is 0.208. The summed E-state index contributed by atoms with van der Waals surface area (Å²) in [5.74, 6) is 6.32. The molecule has 1 heterocycles. The molecule has 4 heteroatoms. The molecule has 0 spiro atoms. The van der Waals surface area contributed by atoms with Crippen molar-refractivity contribution >= 4 is 11.3 Å². The molecule has 0 bridgehead atoms.